The van der Waals surface area contributed by atoms with Gasteiger partial charge in [0.2, 0.25) is 0 Å². The first-order chi connectivity index (χ1) is 5.81. The zero-order chi connectivity index (χ0) is 8.55. The summed E-state index contributed by atoms with van der Waals surface area (Å²) < 4.78 is 1.82. The van der Waals surface area contributed by atoms with Crippen molar-refractivity contribution < 1.29 is 0 Å². The van der Waals surface area contributed by atoms with Crippen LogP contribution in [0.2, 0.25) is 0 Å². The van der Waals surface area contributed by atoms with Crippen molar-refractivity contribution in [2.75, 3.05) is 0 Å². The number of aryl methyl sites for hydroxylation is 1. The summed E-state index contributed by atoms with van der Waals surface area (Å²) in [5.41, 5.74) is 7.53. The number of rotatable bonds is 1. The van der Waals surface area contributed by atoms with E-state index in [-0.39, 0.29) is 0 Å². The monoisotopic (exact) mass is 162 g/mol. The number of nitrogens with two attached hydrogens (primary N) is 1. The van der Waals surface area contributed by atoms with Gasteiger partial charge in [-0.3, -0.25) is 0 Å². The summed E-state index contributed by atoms with van der Waals surface area (Å²) in [7, 11) is 0. The Hall–Kier alpha value is -1.42. The molecule has 2 N–H and O–H groups in total. The van der Waals surface area contributed by atoms with Crippen LogP contribution < -0.4 is 5.73 Å². The van der Waals surface area contributed by atoms with Crippen LogP contribution >= 0.6 is 0 Å². The second-order valence-electron chi connectivity index (χ2n) is 2.67. The first kappa shape index (κ1) is 7.24. The zero-order valence-electron chi connectivity index (χ0n) is 6.86. The summed E-state index contributed by atoms with van der Waals surface area (Å²) >= 11 is 0. The van der Waals surface area contributed by atoms with E-state index in [4.69, 9.17) is 5.73 Å². The molecule has 2 aromatic rings. The average Bonchev–Trinajstić information content (AvgIpc) is 2.46. The molecule has 0 unspecified atom stereocenters. The van der Waals surface area contributed by atoms with E-state index in [1.54, 1.807) is 6.20 Å². The van der Waals surface area contributed by atoms with Gasteiger partial charge < -0.3 is 5.73 Å². The van der Waals surface area contributed by atoms with Gasteiger partial charge in [-0.25, -0.2) is 9.50 Å². The Bertz CT molecular complexity index is 404. The van der Waals surface area contributed by atoms with Crippen LogP contribution in [0.25, 0.3) is 5.52 Å². The molecule has 0 bridgehead atoms. The lowest BCUT2D eigenvalue weighted by Gasteiger charge is -1.98. The number of hydrogen-bond donors (Lipinski definition) is 1. The van der Waals surface area contributed by atoms with Crippen LogP contribution in [0, 0.1) is 6.92 Å². The molecule has 0 aliphatic rings. The summed E-state index contributed by atoms with van der Waals surface area (Å²) in [6, 6.07) is 3.92. The van der Waals surface area contributed by atoms with Gasteiger partial charge in [0.05, 0.1) is 17.4 Å². The van der Waals surface area contributed by atoms with E-state index < -0.39 is 0 Å². The molecule has 0 aliphatic carbocycles. The van der Waals surface area contributed by atoms with Crippen LogP contribution in [-0.4, -0.2) is 14.6 Å². The fourth-order valence-corrected chi connectivity index (χ4v) is 1.19. The van der Waals surface area contributed by atoms with Gasteiger partial charge in [0, 0.05) is 6.54 Å². The Kier molecular flexibility index (Phi) is 1.55. The van der Waals surface area contributed by atoms with E-state index in [9.17, 15) is 0 Å². The Morgan fingerprint density at radius 1 is 1.50 bits per heavy atom. The molecule has 62 valence electrons. The van der Waals surface area contributed by atoms with Gasteiger partial charge in [0.15, 0.2) is 0 Å². The minimum Gasteiger partial charge on any atom is -0.325 e. The SMILES string of the molecule is Cc1ncc2ccc(CN)n2n1. The molecule has 0 amide bonds. The minimum absolute atomic E-state index is 0.505. The second-order valence-corrected chi connectivity index (χ2v) is 2.67. The highest BCUT2D eigenvalue weighted by Crippen LogP contribution is 2.06. The third-order valence-corrected chi connectivity index (χ3v) is 1.80. The van der Waals surface area contributed by atoms with E-state index in [1.165, 1.54) is 0 Å². The molecule has 0 spiro atoms. The fourth-order valence-electron chi connectivity index (χ4n) is 1.19. The maximum atomic E-state index is 5.53. The molecular formula is C8H10N4. The van der Waals surface area contributed by atoms with E-state index in [2.05, 4.69) is 10.1 Å². The molecule has 0 aromatic carbocycles. The van der Waals surface area contributed by atoms with Gasteiger partial charge >= 0.3 is 0 Å². The van der Waals surface area contributed by atoms with Gasteiger partial charge in [-0.05, 0) is 19.1 Å². The average molecular weight is 162 g/mol. The summed E-state index contributed by atoms with van der Waals surface area (Å²) in [4.78, 5) is 4.08. The number of aromatic nitrogens is 3. The third kappa shape index (κ3) is 0.967. The van der Waals surface area contributed by atoms with Crippen molar-refractivity contribution in [2.24, 2.45) is 5.73 Å². The number of nitrogens with zero attached hydrogens (tertiary/aromatic N) is 3. The van der Waals surface area contributed by atoms with Crippen molar-refractivity contribution in [2.45, 2.75) is 13.5 Å². The van der Waals surface area contributed by atoms with Gasteiger partial charge in [0.25, 0.3) is 0 Å². The Morgan fingerprint density at radius 2 is 2.33 bits per heavy atom. The molecule has 12 heavy (non-hydrogen) atoms. The molecule has 0 fully saturated rings. The lowest BCUT2D eigenvalue weighted by Crippen LogP contribution is -2.05. The topological polar surface area (TPSA) is 56.2 Å². The number of hydrogen-bond acceptors (Lipinski definition) is 3. The van der Waals surface area contributed by atoms with Gasteiger partial charge in [0.1, 0.15) is 5.82 Å². The molecule has 0 saturated heterocycles. The van der Waals surface area contributed by atoms with E-state index in [0.717, 1.165) is 17.0 Å². The van der Waals surface area contributed by atoms with Crippen LogP contribution in [0.4, 0.5) is 0 Å². The maximum absolute atomic E-state index is 5.53. The van der Waals surface area contributed by atoms with Crippen molar-refractivity contribution in [1.82, 2.24) is 14.6 Å². The fraction of sp³-hybridized carbons (Fsp3) is 0.250. The molecule has 0 saturated carbocycles. The summed E-state index contributed by atoms with van der Waals surface area (Å²) in [5, 5.41) is 4.23. The Balaban J connectivity index is 2.75. The smallest absolute Gasteiger partial charge is 0.146 e. The molecule has 2 aromatic heterocycles. The van der Waals surface area contributed by atoms with Gasteiger partial charge in [-0.2, -0.15) is 5.10 Å². The standard InChI is InChI=1S/C8H10N4/c1-6-10-5-8-3-2-7(4-9)12(8)11-6/h2-3,5H,4,9H2,1H3. The van der Waals surface area contributed by atoms with Crippen LogP contribution in [0.5, 0.6) is 0 Å². The van der Waals surface area contributed by atoms with Gasteiger partial charge in [-0.1, -0.05) is 0 Å². The molecule has 4 heteroatoms. The molecular weight excluding hydrogens is 152 g/mol. The largest absolute Gasteiger partial charge is 0.325 e. The second kappa shape index (κ2) is 2.57. The van der Waals surface area contributed by atoms with Crippen molar-refractivity contribution in [1.29, 1.82) is 0 Å². The van der Waals surface area contributed by atoms with E-state index in [0.29, 0.717) is 6.54 Å². The summed E-state index contributed by atoms with van der Waals surface area (Å²) in [5.74, 6) is 0.758. The maximum Gasteiger partial charge on any atom is 0.146 e. The highest BCUT2D eigenvalue weighted by Gasteiger charge is 2.00. The van der Waals surface area contributed by atoms with Gasteiger partial charge in [-0.15, -0.1) is 0 Å². The molecule has 0 radical (unpaired) electrons. The Morgan fingerprint density at radius 3 is 3.08 bits per heavy atom. The van der Waals surface area contributed by atoms with E-state index >= 15 is 0 Å². The summed E-state index contributed by atoms with van der Waals surface area (Å²) in [6.07, 6.45) is 1.79. The van der Waals surface area contributed by atoms with Crippen molar-refractivity contribution in [3.8, 4) is 0 Å². The summed E-state index contributed by atoms with van der Waals surface area (Å²) in [6.45, 7) is 2.37. The van der Waals surface area contributed by atoms with Crippen molar-refractivity contribution >= 4 is 5.52 Å². The first-order valence-electron chi connectivity index (χ1n) is 3.81. The van der Waals surface area contributed by atoms with Crippen molar-refractivity contribution in [3.63, 3.8) is 0 Å². The number of fused-ring (bicyclic) bond motifs is 1. The molecule has 2 heterocycles. The van der Waals surface area contributed by atoms with Crippen LogP contribution in [-0.2, 0) is 6.54 Å². The van der Waals surface area contributed by atoms with Crippen LogP contribution in [0.3, 0.4) is 0 Å². The first-order valence-corrected chi connectivity index (χ1v) is 3.81. The molecule has 2 rings (SSSR count). The Labute approximate surface area is 70.0 Å². The van der Waals surface area contributed by atoms with E-state index in [1.807, 2.05) is 23.6 Å². The van der Waals surface area contributed by atoms with Crippen LogP contribution in [0.1, 0.15) is 11.5 Å². The predicted octanol–water partition coefficient (Wildman–Crippen LogP) is 0.496. The highest BCUT2D eigenvalue weighted by atomic mass is 15.3. The molecule has 0 atom stereocenters. The third-order valence-electron chi connectivity index (χ3n) is 1.80. The molecule has 4 nitrogen and oxygen atoms in total. The van der Waals surface area contributed by atoms with Crippen LogP contribution in [0.15, 0.2) is 18.3 Å². The normalized spacial score (nSPS) is 10.8. The lowest BCUT2D eigenvalue weighted by atomic mass is 10.4. The highest BCUT2D eigenvalue weighted by molar-refractivity contribution is 5.45. The molecule has 0 aliphatic heterocycles. The quantitative estimate of drug-likeness (QED) is 0.664. The van der Waals surface area contributed by atoms with Crippen molar-refractivity contribution in [3.05, 3.63) is 29.8 Å². The minimum atomic E-state index is 0.505. The zero-order valence-corrected chi connectivity index (χ0v) is 6.86. The predicted molar refractivity (Wildman–Crippen MR) is 45.6 cm³/mol. The lowest BCUT2D eigenvalue weighted by molar-refractivity contribution is 0.799.